The van der Waals surface area contributed by atoms with Gasteiger partial charge in [-0.15, -0.1) is 0 Å². The number of benzene rings is 1. The Labute approximate surface area is 96.4 Å². The maximum atomic E-state index is 9.27. The van der Waals surface area contributed by atoms with Crippen LogP contribution >= 0.6 is 0 Å². The fraction of sp³-hybridized carbons (Fsp3) is 0.538. The fourth-order valence-corrected chi connectivity index (χ4v) is 2.23. The van der Waals surface area contributed by atoms with Crippen LogP contribution in [0.4, 0.5) is 0 Å². The molecule has 0 saturated heterocycles. The van der Waals surface area contributed by atoms with Gasteiger partial charge in [-0.1, -0.05) is 6.07 Å². The molecule has 2 rings (SSSR count). The summed E-state index contributed by atoms with van der Waals surface area (Å²) in [7, 11) is 1.69. The van der Waals surface area contributed by atoms with E-state index in [1.807, 2.05) is 6.07 Å². The van der Waals surface area contributed by atoms with E-state index in [0.29, 0.717) is 12.6 Å². The summed E-state index contributed by atoms with van der Waals surface area (Å²) < 4.78 is 5.24. The number of aliphatic hydroxyl groups is 1. The van der Waals surface area contributed by atoms with Crippen molar-refractivity contribution in [2.75, 3.05) is 13.7 Å². The molecular weight excluding hydrogens is 202 g/mol. The molecule has 0 saturated carbocycles. The molecule has 0 aliphatic heterocycles. The Hall–Kier alpha value is -1.06. The highest BCUT2D eigenvalue weighted by molar-refractivity contribution is 5.40. The summed E-state index contributed by atoms with van der Waals surface area (Å²) in [5, 5.41) is 12.7. The minimum Gasteiger partial charge on any atom is -0.497 e. The van der Waals surface area contributed by atoms with Crippen LogP contribution in [0.2, 0.25) is 0 Å². The van der Waals surface area contributed by atoms with Gasteiger partial charge in [-0.05, 0) is 43.0 Å². The molecule has 3 nitrogen and oxygen atoms in total. The van der Waals surface area contributed by atoms with Crippen LogP contribution in [-0.4, -0.2) is 24.9 Å². The molecule has 0 spiro atoms. The van der Waals surface area contributed by atoms with E-state index in [9.17, 15) is 5.11 Å². The average Bonchev–Trinajstić information content (AvgIpc) is 2.68. The van der Waals surface area contributed by atoms with Gasteiger partial charge >= 0.3 is 0 Å². The van der Waals surface area contributed by atoms with Crippen LogP contribution in [0, 0.1) is 0 Å². The molecule has 2 N–H and O–H groups in total. The Bertz CT molecular complexity index is 363. The van der Waals surface area contributed by atoms with Crippen LogP contribution in [-0.2, 0) is 6.42 Å². The summed E-state index contributed by atoms with van der Waals surface area (Å²) in [6.45, 7) is 2.44. The van der Waals surface area contributed by atoms with Gasteiger partial charge in [0.05, 0.1) is 13.2 Å². The monoisotopic (exact) mass is 221 g/mol. The zero-order valence-electron chi connectivity index (χ0n) is 9.86. The third-order valence-electron chi connectivity index (χ3n) is 3.09. The second-order valence-electron chi connectivity index (χ2n) is 4.41. The van der Waals surface area contributed by atoms with Gasteiger partial charge in [-0.25, -0.2) is 0 Å². The van der Waals surface area contributed by atoms with Gasteiger partial charge in [-0.3, -0.25) is 0 Å². The van der Waals surface area contributed by atoms with Crippen molar-refractivity contribution in [2.45, 2.75) is 31.9 Å². The number of nitrogens with one attached hydrogen (secondary N) is 1. The molecule has 0 amide bonds. The van der Waals surface area contributed by atoms with Gasteiger partial charge in [0, 0.05) is 12.6 Å². The van der Waals surface area contributed by atoms with Crippen molar-refractivity contribution in [3.8, 4) is 5.75 Å². The summed E-state index contributed by atoms with van der Waals surface area (Å²) in [5.41, 5.74) is 2.71. The van der Waals surface area contributed by atoms with E-state index >= 15 is 0 Å². The zero-order chi connectivity index (χ0) is 11.5. The predicted octanol–water partition coefficient (Wildman–Crippen LogP) is 1.65. The molecule has 1 aliphatic carbocycles. The van der Waals surface area contributed by atoms with Crippen molar-refractivity contribution < 1.29 is 9.84 Å². The molecule has 1 aliphatic rings. The van der Waals surface area contributed by atoms with Crippen molar-refractivity contribution in [3.05, 3.63) is 29.3 Å². The molecule has 16 heavy (non-hydrogen) atoms. The second-order valence-corrected chi connectivity index (χ2v) is 4.41. The van der Waals surface area contributed by atoms with Gasteiger partial charge in [0.25, 0.3) is 0 Å². The standard InChI is InChI=1S/C13H19NO2/c1-9(15)8-14-13-6-4-10-3-5-11(16-2)7-12(10)13/h3,5,7,9,13-15H,4,6,8H2,1-2H3. The molecule has 2 unspecified atom stereocenters. The van der Waals surface area contributed by atoms with Crippen molar-refractivity contribution >= 4 is 0 Å². The summed E-state index contributed by atoms with van der Waals surface area (Å²) in [6.07, 6.45) is 1.92. The summed E-state index contributed by atoms with van der Waals surface area (Å²) in [6, 6.07) is 6.61. The van der Waals surface area contributed by atoms with Crippen molar-refractivity contribution in [1.82, 2.24) is 5.32 Å². The van der Waals surface area contributed by atoms with Crippen LogP contribution in [0.1, 0.15) is 30.5 Å². The number of aliphatic hydroxyl groups excluding tert-OH is 1. The van der Waals surface area contributed by atoms with Gasteiger partial charge in [-0.2, -0.15) is 0 Å². The molecule has 2 atom stereocenters. The largest absolute Gasteiger partial charge is 0.497 e. The lowest BCUT2D eigenvalue weighted by atomic mass is 10.1. The van der Waals surface area contributed by atoms with Crippen molar-refractivity contribution in [2.24, 2.45) is 0 Å². The minimum absolute atomic E-state index is 0.297. The van der Waals surface area contributed by atoms with Crippen LogP contribution in [0.15, 0.2) is 18.2 Å². The molecule has 0 radical (unpaired) electrons. The highest BCUT2D eigenvalue weighted by Crippen LogP contribution is 2.33. The quantitative estimate of drug-likeness (QED) is 0.812. The van der Waals surface area contributed by atoms with E-state index in [0.717, 1.165) is 18.6 Å². The minimum atomic E-state index is -0.297. The SMILES string of the molecule is COc1ccc2c(c1)C(NCC(C)O)CC2. The van der Waals surface area contributed by atoms with E-state index in [1.165, 1.54) is 11.1 Å². The van der Waals surface area contributed by atoms with Gasteiger partial charge in [0.1, 0.15) is 5.75 Å². The number of aryl methyl sites for hydroxylation is 1. The summed E-state index contributed by atoms with van der Waals surface area (Å²) in [5.74, 6) is 0.907. The number of hydrogen-bond donors (Lipinski definition) is 2. The van der Waals surface area contributed by atoms with Gasteiger partial charge < -0.3 is 15.2 Å². The van der Waals surface area contributed by atoms with Gasteiger partial charge in [0.2, 0.25) is 0 Å². The molecule has 0 aromatic heterocycles. The van der Waals surface area contributed by atoms with Crippen LogP contribution < -0.4 is 10.1 Å². The molecule has 0 bridgehead atoms. The van der Waals surface area contributed by atoms with E-state index < -0.39 is 0 Å². The van der Waals surface area contributed by atoms with E-state index in [-0.39, 0.29) is 6.10 Å². The Balaban J connectivity index is 2.11. The molecule has 0 heterocycles. The lowest BCUT2D eigenvalue weighted by Gasteiger charge is -2.15. The predicted molar refractivity (Wildman–Crippen MR) is 63.7 cm³/mol. The van der Waals surface area contributed by atoms with Crippen LogP contribution in [0.5, 0.6) is 5.75 Å². The Morgan fingerprint density at radius 3 is 3.06 bits per heavy atom. The molecule has 0 fully saturated rings. The number of methoxy groups -OCH3 is 1. The lowest BCUT2D eigenvalue weighted by Crippen LogP contribution is -2.27. The number of fused-ring (bicyclic) bond motifs is 1. The van der Waals surface area contributed by atoms with Crippen LogP contribution in [0.3, 0.4) is 0 Å². The van der Waals surface area contributed by atoms with Crippen molar-refractivity contribution in [3.63, 3.8) is 0 Å². The first kappa shape index (κ1) is 11.4. The highest BCUT2D eigenvalue weighted by atomic mass is 16.5. The second kappa shape index (κ2) is 4.85. The van der Waals surface area contributed by atoms with Crippen LogP contribution in [0.25, 0.3) is 0 Å². The third-order valence-corrected chi connectivity index (χ3v) is 3.09. The first-order valence-electron chi connectivity index (χ1n) is 5.79. The number of ether oxygens (including phenoxy) is 1. The summed E-state index contributed by atoms with van der Waals surface area (Å²) in [4.78, 5) is 0. The fourth-order valence-electron chi connectivity index (χ4n) is 2.23. The topological polar surface area (TPSA) is 41.5 Å². The van der Waals surface area contributed by atoms with E-state index in [4.69, 9.17) is 4.74 Å². The number of hydrogen-bond acceptors (Lipinski definition) is 3. The molecule has 3 heteroatoms. The molecule has 1 aromatic carbocycles. The molecule has 88 valence electrons. The smallest absolute Gasteiger partial charge is 0.119 e. The van der Waals surface area contributed by atoms with Gasteiger partial charge in [0.15, 0.2) is 0 Å². The zero-order valence-corrected chi connectivity index (χ0v) is 9.86. The highest BCUT2D eigenvalue weighted by Gasteiger charge is 2.22. The first-order chi connectivity index (χ1) is 7.70. The lowest BCUT2D eigenvalue weighted by molar-refractivity contribution is 0.186. The van der Waals surface area contributed by atoms with Crippen molar-refractivity contribution in [1.29, 1.82) is 0 Å². The van der Waals surface area contributed by atoms with E-state index in [1.54, 1.807) is 14.0 Å². The average molecular weight is 221 g/mol. The maximum absolute atomic E-state index is 9.27. The third kappa shape index (κ3) is 2.36. The maximum Gasteiger partial charge on any atom is 0.119 e. The molecule has 1 aromatic rings. The Morgan fingerprint density at radius 2 is 2.38 bits per heavy atom. The number of rotatable bonds is 4. The van der Waals surface area contributed by atoms with E-state index in [2.05, 4.69) is 17.4 Å². The molecular formula is C13H19NO2. The first-order valence-corrected chi connectivity index (χ1v) is 5.79. The summed E-state index contributed by atoms with van der Waals surface area (Å²) >= 11 is 0. The Morgan fingerprint density at radius 1 is 1.56 bits per heavy atom. The Kier molecular flexibility index (Phi) is 3.46. The normalized spacial score (nSPS) is 20.6.